The number of amides is 2. The van der Waals surface area contributed by atoms with Crippen molar-refractivity contribution >= 4 is 17.5 Å². The highest BCUT2D eigenvalue weighted by Crippen LogP contribution is 2.21. The van der Waals surface area contributed by atoms with Gasteiger partial charge in [0, 0.05) is 36.4 Å². The Morgan fingerprint density at radius 1 is 1.16 bits per heavy atom. The van der Waals surface area contributed by atoms with E-state index < -0.39 is 0 Å². The zero-order chi connectivity index (χ0) is 21.6. The number of carbonyl (C=O) groups excluding carboxylic acids is 2. The number of benzene rings is 1. The van der Waals surface area contributed by atoms with E-state index in [0.717, 1.165) is 17.7 Å². The summed E-state index contributed by atoms with van der Waals surface area (Å²) >= 11 is 0. The first-order valence-corrected chi connectivity index (χ1v) is 10.2. The lowest BCUT2D eigenvalue weighted by Gasteiger charge is -2.20. The lowest BCUT2D eigenvalue weighted by atomic mass is 10.1. The molecule has 31 heavy (non-hydrogen) atoms. The maximum absolute atomic E-state index is 13.0. The van der Waals surface area contributed by atoms with Gasteiger partial charge in [-0.05, 0) is 56.2 Å². The van der Waals surface area contributed by atoms with E-state index in [4.69, 9.17) is 4.74 Å². The molecule has 2 aromatic heterocycles. The Morgan fingerprint density at radius 3 is 2.68 bits per heavy atom. The minimum Gasteiger partial charge on any atom is -0.494 e. The van der Waals surface area contributed by atoms with Crippen molar-refractivity contribution in [3.63, 3.8) is 0 Å². The third kappa shape index (κ3) is 4.85. The van der Waals surface area contributed by atoms with Gasteiger partial charge in [-0.25, -0.2) is 9.97 Å². The van der Waals surface area contributed by atoms with Gasteiger partial charge in [0.15, 0.2) is 5.82 Å². The van der Waals surface area contributed by atoms with Crippen molar-refractivity contribution in [1.29, 1.82) is 0 Å². The number of aromatic nitrogens is 3. The highest BCUT2D eigenvalue weighted by atomic mass is 16.5. The van der Waals surface area contributed by atoms with Gasteiger partial charge in [-0.2, -0.15) is 0 Å². The number of aryl methyl sites for hydroxylation is 1. The average Bonchev–Trinajstić information content (AvgIpc) is 2.94. The van der Waals surface area contributed by atoms with E-state index in [9.17, 15) is 9.59 Å². The molecule has 0 spiro atoms. The molecule has 1 N–H and O–H groups in total. The van der Waals surface area contributed by atoms with E-state index in [-0.39, 0.29) is 18.4 Å². The van der Waals surface area contributed by atoms with Crippen LogP contribution in [0.5, 0.6) is 5.75 Å². The molecule has 0 aliphatic carbocycles. The van der Waals surface area contributed by atoms with E-state index in [1.807, 2.05) is 19.1 Å². The minimum atomic E-state index is -0.254. The van der Waals surface area contributed by atoms with E-state index in [2.05, 4.69) is 20.3 Å². The highest BCUT2D eigenvalue weighted by molar-refractivity contribution is 6.00. The number of nitrogens with one attached hydrogen (secondary N) is 1. The van der Waals surface area contributed by atoms with Crippen LogP contribution in [0.4, 0.5) is 5.69 Å². The molecular weight excluding hydrogens is 394 g/mol. The quantitative estimate of drug-likeness (QED) is 0.662. The van der Waals surface area contributed by atoms with Crippen LogP contribution < -0.4 is 10.1 Å². The molecular formula is C23H23N5O3. The third-order valence-corrected chi connectivity index (χ3v) is 4.95. The zero-order valence-corrected chi connectivity index (χ0v) is 17.2. The molecule has 0 bridgehead atoms. The Balaban J connectivity index is 1.44. The van der Waals surface area contributed by atoms with Gasteiger partial charge in [0.1, 0.15) is 12.3 Å². The maximum atomic E-state index is 13.0. The van der Waals surface area contributed by atoms with E-state index in [1.54, 1.807) is 47.8 Å². The monoisotopic (exact) mass is 417 g/mol. The molecule has 3 heterocycles. The summed E-state index contributed by atoms with van der Waals surface area (Å²) in [6.45, 7) is 2.95. The first-order valence-electron chi connectivity index (χ1n) is 10.2. The number of ether oxygens (including phenoxy) is 1. The van der Waals surface area contributed by atoms with Crippen molar-refractivity contribution in [2.75, 3.05) is 25.0 Å². The van der Waals surface area contributed by atoms with Crippen molar-refractivity contribution in [2.24, 2.45) is 0 Å². The normalized spacial score (nSPS) is 13.3. The zero-order valence-electron chi connectivity index (χ0n) is 17.2. The van der Waals surface area contributed by atoms with Crippen LogP contribution in [0.15, 0.2) is 55.0 Å². The predicted octanol–water partition coefficient (Wildman–Crippen LogP) is 2.96. The Bertz CT molecular complexity index is 1070. The fourth-order valence-electron chi connectivity index (χ4n) is 3.46. The standard InChI is InChI=1S/C23H23N5O3/c1-2-31-18-7-5-17(6-8-18)26-21(29)15-28-13-3-4-20-19(23(28)30)14-25-22(27-20)16-9-11-24-12-10-16/h5-12,14H,2-4,13,15H2,1H3,(H,26,29). The van der Waals surface area contributed by atoms with Crippen molar-refractivity contribution in [3.05, 3.63) is 66.2 Å². The van der Waals surface area contributed by atoms with Gasteiger partial charge in [0.2, 0.25) is 5.91 Å². The Kier molecular flexibility index (Phi) is 6.16. The number of pyridine rings is 1. The molecule has 1 aliphatic heterocycles. The number of nitrogens with zero attached hydrogens (tertiary/aromatic N) is 4. The summed E-state index contributed by atoms with van der Waals surface area (Å²) in [6, 6.07) is 10.8. The van der Waals surface area contributed by atoms with Gasteiger partial charge in [0.05, 0.1) is 17.9 Å². The summed E-state index contributed by atoms with van der Waals surface area (Å²) in [7, 11) is 0. The second-order valence-corrected chi connectivity index (χ2v) is 7.13. The van der Waals surface area contributed by atoms with Crippen molar-refractivity contribution in [3.8, 4) is 17.1 Å². The second kappa shape index (κ2) is 9.34. The first-order chi connectivity index (χ1) is 15.1. The lowest BCUT2D eigenvalue weighted by molar-refractivity contribution is -0.116. The van der Waals surface area contributed by atoms with E-state index >= 15 is 0 Å². The fourth-order valence-corrected chi connectivity index (χ4v) is 3.46. The number of rotatable bonds is 6. The van der Waals surface area contributed by atoms with Crippen LogP contribution in [0, 0.1) is 0 Å². The molecule has 0 saturated carbocycles. The average molecular weight is 417 g/mol. The van der Waals surface area contributed by atoms with Crippen LogP contribution in [-0.2, 0) is 11.2 Å². The molecule has 0 saturated heterocycles. The summed E-state index contributed by atoms with van der Waals surface area (Å²) in [4.78, 5) is 40.1. The summed E-state index contributed by atoms with van der Waals surface area (Å²) in [5.41, 5.74) is 2.66. The van der Waals surface area contributed by atoms with Crippen LogP contribution in [-0.4, -0.2) is 51.4 Å². The third-order valence-electron chi connectivity index (χ3n) is 4.95. The molecule has 2 amide bonds. The Labute approximate surface area is 180 Å². The van der Waals surface area contributed by atoms with Crippen LogP contribution >= 0.6 is 0 Å². The van der Waals surface area contributed by atoms with E-state index in [1.165, 1.54) is 0 Å². The van der Waals surface area contributed by atoms with Gasteiger partial charge in [-0.3, -0.25) is 14.6 Å². The van der Waals surface area contributed by atoms with Gasteiger partial charge in [-0.1, -0.05) is 0 Å². The summed E-state index contributed by atoms with van der Waals surface area (Å²) in [5.74, 6) is 0.826. The molecule has 8 heteroatoms. The highest BCUT2D eigenvalue weighted by Gasteiger charge is 2.26. The number of fused-ring (bicyclic) bond motifs is 1. The number of hydrogen-bond donors (Lipinski definition) is 1. The number of hydrogen-bond acceptors (Lipinski definition) is 6. The lowest BCUT2D eigenvalue weighted by Crippen LogP contribution is -2.38. The summed E-state index contributed by atoms with van der Waals surface area (Å²) in [5, 5.41) is 2.83. The second-order valence-electron chi connectivity index (χ2n) is 7.13. The first kappa shape index (κ1) is 20.5. The molecule has 4 rings (SSSR count). The number of anilines is 1. The molecule has 0 unspecified atom stereocenters. The Hall–Kier alpha value is -3.81. The van der Waals surface area contributed by atoms with E-state index in [0.29, 0.717) is 42.3 Å². The fraction of sp³-hybridized carbons (Fsp3) is 0.261. The van der Waals surface area contributed by atoms with Crippen LogP contribution in [0.1, 0.15) is 29.4 Å². The molecule has 1 aromatic carbocycles. The molecule has 8 nitrogen and oxygen atoms in total. The Morgan fingerprint density at radius 2 is 1.94 bits per heavy atom. The van der Waals surface area contributed by atoms with Gasteiger partial charge >= 0.3 is 0 Å². The van der Waals surface area contributed by atoms with Gasteiger partial charge < -0.3 is 15.0 Å². The largest absolute Gasteiger partial charge is 0.494 e. The van der Waals surface area contributed by atoms with Crippen molar-refractivity contribution < 1.29 is 14.3 Å². The maximum Gasteiger partial charge on any atom is 0.257 e. The summed E-state index contributed by atoms with van der Waals surface area (Å²) < 4.78 is 5.40. The van der Waals surface area contributed by atoms with Crippen LogP contribution in [0.2, 0.25) is 0 Å². The molecule has 1 aliphatic rings. The molecule has 0 radical (unpaired) electrons. The van der Waals surface area contributed by atoms with Crippen molar-refractivity contribution in [1.82, 2.24) is 19.9 Å². The van der Waals surface area contributed by atoms with Gasteiger partial charge in [-0.15, -0.1) is 0 Å². The SMILES string of the molecule is CCOc1ccc(NC(=O)CN2CCCc3nc(-c4ccncc4)ncc3C2=O)cc1. The van der Waals surface area contributed by atoms with Crippen LogP contribution in [0.3, 0.4) is 0 Å². The molecule has 158 valence electrons. The molecule has 0 fully saturated rings. The minimum absolute atomic E-state index is 0.0302. The summed E-state index contributed by atoms with van der Waals surface area (Å²) in [6.07, 6.45) is 6.30. The topological polar surface area (TPSA) is 97.3 Å². The molecule has 0 atom stereocenters. The number of carbonyl (C=O) groups is 2. The van der Waals surface area contributed by atoms with Crippen molar-refractivity contribution in [2.45, 2.75) is 19.8 Å². The smallest absolute Gasteiger partial charge is 0.257 e. The molecule has 3 aromatic rings. The van der Waals surface area contributed by atoms with Crippen LogP contribution in [0.25, 0.3) is 11.4 Å². The predicted molar refractivity (Wildman–Crippen MR) is 116 cm³/mol. The van der Waals surface area contributed by atoms with Gasteiger partial charge in [0.25, 0.3) is 5.91 Å².